The molecule has 4 fully saturated rings. The van der Waals surface area contributed by atoms with Gasteiger partial charge in [-0.15, -0.1) is 0 Å². The highest BCUT2D eigenvalue weighted by Crippen LogP contribution is 2.68. The van der Waals surface area contributed by atoms with Crippen molar-refractivity contribution in [3.8, 4) is 0 Å². The summed E-state index contributed by atoms with van der Waals surface area (Å²) >= 11 is 0. The van der Waals surface area contributed by atoms with E-state index in [2.05, 4.69) is 47.7 Å². The zero-order valence-electron chi connectivity index (χ0n) is 21.6. The minimum Gasteiger partial charge on any atom is -0.414 e. The Morgan fingerprint density at radius 2 is 1.52 bits per heavy atom. The molecule has 4 saturated carbocycles. The highest BCUT2D eigenvalue weighted by molar-refractivity contribution is 6.74. The highest BCUT2D eigenvalue weighted by atomic mass is 28.4. The molecule has 0 heterocycles. The lowest BCUT2D eigenvalue weighted by Crippen LogP contribution is -2.59. The van der Waals surface area contributed by atoms with Crippen LogP contribution in [0.15, 0.2) is 0 Å². The quantitative estimate of drug-likeness (QED) is 0.490. The van der Waals surface area contributed by atoms with Crippen molar-refractivity contribution in [3.05, 3.63) is 0 Å². The molecule has 0 amide bonds. The summed E-state index contributed by atoms with van der Waals surface area (Å²) < 4.78 is 6.85. The predicted molar refractivity (Wildman–Crippen MR) is 130 cm³/mol. The molecule has 0 spiro atoms. The van der Waals surface area contributed by atoms with Gasteiger partial charge in [0, 0.05) is 6.10 Å². The van der Waals surface area contributed by atoms with E-state index in [0.29, 0.717) is 29.8 Å². The monoisotopic (exact) mass is 450 g/mol. The summed E-state index contributed by atoms with van der Waals surface area (Å²) in [5.41, 5.74) is 0.515. The zero-order valence-corrected chi connectivity index (χ0v) is 22.6. The van der Waals surface area contributed by atoms with E-state index in [4.69, 9.17) is 4.43 Å². The molecule has 180 valence electrons. The van der Waals surface area contributed by atoms with Gasteiger partial charge in [-0.25, -0.2) is 0 Å². The molecule has 0 bridgehead atoms. The number of fused-ring (bicyclic) bond motifs is 5. The van der Waals surface area contributed by atoms with Crippen LogP contribution in [0.3, 0.4) is 0 Å². The molecule has 10 atom stereocenters. The average molecular weight is 451 g/mol. The molecule has 2 unspecified atom stereocenters. The molecular formula is C27H50O3Si. The standard InChI is InChI=1S/C27H50O3Si/c1-17(28)20-9-10-21-19-16-24(29)23-15-18(30-31(7,8)25(2,3)4)11-13-27(23,6)22(19)12-14-26(20,21)5/h17-24,28-29H,9-16H2,1-8H3/t17?,18?,19-,20+,21-,22-,23+,24-,26+,27+/m0/s1. The summed E-state index contributed by atoms with van der Waals surface area (Å²) in [5, 5.41) is 22.2. The van der Waals surface area contributed by atoms with Crippen molar-refractivity contribution in [1.82, 2.24) is 0 Å². The van der Waals surface area contributed by atoms with Gasteiger partial charge in [0.1, 0.15) is 0 Å². The molecule has 0 aromatic heterocycles. The number of aliphatic hydroxyl groups is 2. The Labute approximate surface area is 192 Å². The lowest BCUT2D eigenvalue weighted by Gasteiger charge is -2.62. The van der Waals surface area contributed by atoms with Crippen LogP contribution in [0.5, 0.6) is 0 Å². The van der Waals surface area contributed by atoms with E-state index in [1.807, 2.05) is 6.92 Å². The van der Waals surface area contributed by atoms with Crippen molar-refractivity contribution >= 4 is 8.32 Å². The van der Waals surface area contributed by atoms with E-state index in [9.17, 15) is 10.2 Å². The van der Waals surface area contributed by atoms with Crippen molar-refractivity contribution in [3.63, 3.8) is 0 Å². The van der Waals surface area contributed by atoms with Gasteiger partial charge < -0.3 is 14.6 Å². The third-order valence-corrected chi connectivity index (χ3v) is 16.1. The third-order valence-electron chi connectivity index (χ3n) is 11.6. The number of hydrogen-bond donors (Lipinski definition) is 2. The van der Waals surface area contributed by atoms with Crippen molar-refractivity contribution in [1.29, 1.82) is 0 Å². The first-order valence-corrected chi connectivity index (χ1v) is 16.2. The summed E-state index contributed by atoms with van der Waals surface area (Å²) in [4.78, 5) is 0. The van der Waals surface area contributed by atoms with E-state index >= 15 is 0 Å². The second-order valence-corrected chi connectivity index (χ2v) is 18.8. The maximum absolute atomic E-state index is 11.5. The smallest absolute Gasteiger partial charge is 0.192 e. The van der Waals surface area contributed by atoms with E-state index in [0.717, 1.165) is 25.2 Å². The van der Waals surface area contributed by atoms with Crippen LogP contribution in [-0.2, 0) is 4.43 Å². The molecule has 4 rings (SSSR count). The van der Waals surface area contributed by atoms with Gasteiger partial charge in [0.05, 0.1) is 12.2 Å². The zero-order chi connectivity index (χ0) is 23.0. The van der Waals surface area contributed by atoms with Crippen molar-refractivity contribution in [2.75, 3.05) is 0 Å². The molecule has 0 saturated heterocycles. The molecule has 0 radical (unpaired) electrons. The molecule has 2 N–H and O–H groups in total. The van der Waals surface area contributed by atoms with E-state index in [1.54, 1.807) is 0 Å². The minimum atomic E-state index is -1.78. The Morgan fingerprint density at radius 1 is 0.903 bits per heavy atom. The van der Waals surface area contributed by atoms with Gasteiger partial charge >= 0.3 is 0 Å². The fourth-order valence-corrected chi connectivity index (χ4v) is 10.2. The maximum atomic E-state index is 11.5. The summed E-state index contributed by atoms with van der Waals surface area (Å²) in [6.45, 7) is 18.7. The largest absolute Gasteiger partial charge is 0.414 e. The molecule has 0 aromatic rings. The predicted octanol–water partition coefficient (Wildman–Crippen LogP) is 6.39. The van der Waals surface area contributed by atoms with Gasteiger partial charge in [-0.1, -0.05) is 34.6 Å². The summed E-state index contributed by atoms with van der Waals surface area (Å²) in [6.07, 6.45) is 9.28. The third kappa shape index (κ3) is 3.80. The van der Waals surface area contributed by atoms with E-state index in [1.165, 1.54) is 32.1 Å². The minimum absolute atomic E-state index is 0.190. The fourth-order valence-electron chi connectivity index (χ4n) is 8.80. The fraction of sp³-hybridized carbons (Fsp3) is 1.00. The Kier molecular flexibility index (Phi) is 6.11. The van der Waals surface area contributed by atoms with Gasteiger partial charge in [-0.3, -0.25) is 0 Å². The Bertz CT molecular complexity index is 670. The second kappa shape index (κ2) is 7.82. The molecule has 4 aliphatic rings. The molecule has 4 aliphatic carbocycles. The summed E-state index contributed by atoms with van der Waals surface area (Å²) in [6, 6.07) is 0. The normalized spacial score (nSPS) is 49.2. The maximum Gasteiger partial charge on any atom is 0.192 e. The van der Waals surface area contributed by atoms with Crippen LogP contribution in [0.2, 0.25) is 18.1 Å². The number of rotatable bonds is 3. The molecule has 0 aromatic carbocycles. The van der Waals surface area contributed by atoms with Gasteiger partial charge in [0.15, 0.2) is 8.32 Å². The molecule has 31 heavy (non-hydrogen) atoms. The first-order chi connectivity index (χ1) is 14.2. The van der Waals surface area contributed by atoms with Gasteiger partial charge in [0.2, 0.25) is 0 Å². The number of aliphatic hydroxyl groups excluding tert-OH is 2. The van der Waals surface area contributed by atoms with Gasteiger partial charge in [-0.2, -0.15) is 0 Å². The molecule has 3 nitrogen and oxygen atoms in total. The lowest BCUT2D eigenvalue weighted by molar-refractivity contribution is -0.172. The molecule has 4 heteroatoms. The number of hydrogen-bond acceptors (Lipinski definition) is 3. The van der Waals surface area contributed by atoms with Crippen LogP contribution in [0.1, 0.15) is 92.9 Å². The lowest BCUT2D eigenvalue weighted by atomic mass is 9.44. The topological polar surface area (TPSA) is 49.7 Å². The van der Waals surface area contributed by atoms with E-state index < -0.39 is 8.32 Å². The van der Waals surface area contributed by atoms with E-state index in [-0.39, 0.29) is 28.1 Å². The average Bonchev–Trinajstić information content (AvgIpc) is 2.99. The summed E-state index contributed by atoms with van der Waals surface area (Å²) in [5.74, 6) is 2.88. The summed E-state index contributed by atoms with van der Waals surface area (Å²) in [7, 11) is -1.78. The van der Waals surface area contributed by atoms with Crippen LogP contribution in [0.25, 0.3) is 0 Å². The van der Waals surface area contributed by atoms with Gasteiger partial charge in [-0.05, 0) is 117 Å². The Balaban J connectivity index is 1.53. The van der Waals surface area contributed by atoms with Crippen molar-refractivity contribution in [2.45, 2.75) is 129 Å². The van der Waals surface area contributed by atoms with Crippen molar-refractivity contribution in [2.24, 2.45) is 40.4 Å². The first-order valence-electron chi connectivity index (χ1n) is 13.2. The van der Waals surface area contributed by atoms with Crippen LogP contribution in [0.4, 0.5) is 0 Å². The Morgan fingerprint density at radius 3 is 2.13 bits per heavy atom. The van der Waals surface area contributed by atoms with Crippen LogP contribution in [0, 0.1) is 40.4 Å². The second-order valence-electron chi connectivity index (χ2n) is 14.0. The van der Waals surface area contributed by atoms with Crippen molar-refractivity contribution < 1.29 is 14.6 Å². The highest BCUT2D eigenvalue weighted by Gasteiger charge is 2.62. The Hall–Kier alpha value is 0.0969. The van der Waals surface area contributed by atoms with Gasteiger partial charge in [0.25, 0.3) is 0 Å². The van der Waals surface area contributed by atoms with Crippen LogP contribution >= 0.6 is 0 Å². The van der Waals surface area contributed by atoms with Crippen LogP contribution < -0.4 is 0 Å². The first kappa shape index (κ1) is 24.2. The van der Waals surface area contributed by atoms with Crippen LogP contribution in [-0.4, -0.2) is 36.8 Å². The molecule has 0 aliphatic heterocycles. The molecular weight excluding hydrogens is 400 g/mol. The SMILES string of the molecule is CC(O)[C@H]1CC[C@H]2[C@@H]3C[C@H](O)[C@H]4CC(O[Si](C)(C)C(C)(C)C)CC[C@]4(C)[C@H]3CC[C@]12C.